The maximum Gasteiger partial charge on any atom is 0.145 e. The van der Waals surface area contributed by atoms with Crippen LogP contribution >= 0.6 is 11.6 Å². The van der Waals surface area contributed by atoms with Crippen molar-refractivity contribution < 1.29 is 8.78 Å². The molecule has 100 valence electrons. The summed E-state index contributed by atoms with van der Waals surface area (Å²) in [5.41, 5.74) is 3.84. The van der Waals surface area contributed by atoms with Crippen molar-refractivity contribution in [1.29, 1.82) is 0 Å². The molecule has 2 nitrogen and oxygen atoms in total. The highest BCUT2D eigenvalue weighted by molar-refractivity contribution is 6.30. The standard InChI is InChI=1S/C14H13ClF2N2/c15-12-3-1-2-10(14(12)17)8-13(19-18)9-4-6-11(16)7-5-9/h1-7,13,19H,8,18H2. The Labute approximate surface area is 115 Å². The lowest BCUT2D eigenvalue weighted by Gasteiger charge is -2.17. The Morgan fingerprint density at radius 3 is 2.42 bits per heavy atom. The van der Waals surface area contributed by atoms with Gasteiger partial charge in [-0.1, -0.05) is 35.9 Å². The van der Waals surface area contributed by atoms with Gasteiger partial charge in [0.25, 0.3) is 0 Å². The second-order valence-corrected chi connectivity index (χ2v) is 4.60. The fourth-order valence-electron chi connectivity index (χ4n) is 1.89. The lowest BCUT2D eigenvalue weighted by molar-refractivity contribution is 0.527. The Kier molecular flexibility index (Phi) is 4.47. The van der Waals surface area contributed by atoms with Gasteiger partial charge in [-0.2, -0.15) is 0 Å². The summed E-state index contributed by atoms with van der Waals surface area (Å²) in [4.78, 5) is 0. The van der Waals surface area contributed by atoms with E-state index in [0.717, 1.165) is 5.56 Å². The van der Waals surface area contributed by atoms with E-state index in [0.29, 0.717) is 12.0 Å². The lowest BCUT2D eigenvalue weighted by atomic mass is 9.99. The van der Waals surface area contributed by atoms with Crippen molar-refractivity contribution in [2.75, 3.05) is 0 Å². The van der Waals surface area contributed by atoms with Crippen molar-refractivity contribution in [2.24, 2.45) is 5.84 Å². The van der Waals surface area contributed by atoms with Gasteiger partial charge in [0.1, 0.15) is 11.6 Å². The number of hydrogen-bond acceptors (Lipinski definition) is 2. The van der Waals surface area contributed by atoms with Gasteiger partial charge in [0.15, 0.2) is 0 Å². The molecule has 0 aliphatic rings. The molecular formula is C14H13ClF2N2. The van der Waals surface area contributed by atoms with Gasteiger partial charge in [-0.3, -0.25) is 11.3 Å². The average Bonchev–Trinajstić information content (AvgIpc) is 2.42. The Morgan fingerprint density at radius 1 is 1.11 bits per heavy atom. The average molecular weight is 283 g/mol. The van der Waals surface area contributed by atoms with Gasteiger partial charge in [0, 0.05) is 0 Å². The molecule has 0 saturated heterocycles. The van der Waals surface area contributed by atoms with E-state index in [1.165, 1.54) is 18.2 Å². The zero-order valence-corrected chi connectivity index (χ0v) is 10.8. The number of halogens is 3. The van der Waals surface area contributed by atoms with E-state index in [9.17, 15) is 8.78 Å². The van der Waals surface area contributed by atoms with Crippen LogP contribution in [-0.2, 0) is 6.42 Å². The molecule has 2 rings (SSSR count). The zero-order valence-electron chi connectivity index (χ0n) is 10.0. The van der Waals surface area contributed by atoms with E-state index in [2.05, 4.69) is 5.43 Å². The number of rotatable bonds is 4. The number of nitrogens with two attached hydrogens (primary N) is 1. The first kappa shape index (κ1) is 13.9. The van der Waals surface area contributed by atoms with Crippen LogP contribution in [0.15, 0.2) is 42.5 Å². The fraction of sp³-hybridized carbons (Fsp3) is 0.143. The molecule has 0 aliphatic heterocycles. The summed E-state index contributed by atoms with van der Waals surface area (Å²) in [6, 6.07) is 10.4. The molecule has 0 bridgehead atoms. The molecule has 0 heterocycles. The van der Waals surface area contributed by atoms with Crippen LogP contribution in [0.5, 0.6) is 0 Å². The summed E-state index contributed by atoms with van der Waals surface area (Å²) in [6.45, 7) is 0. The molecule has 0 aliphatic carbocycles. The van der Waals surface area contributed by atoms with E-state index in [-0.39, 0.29) is 16.9 Å². The number of hydrazine groups is 1. The molecule has 0 aromatic heterocycles. The number of nitrogens with one attached hydrogen (secondary N) is 1. The number of benzene rings is 2. The van der Waals surface area contributed by atoms with E-state index >= 15 is 0 Å². The van der Waals surface area contributed by atoms with Crippen molar-refractivity contribution >= 4 is 11.6 Å². The minimum Gasteiger partial charge on any atom is -0.271 e. The van der Waals surface area contributed by atoms with Crippen molar-refractivity contribution in [3.8, 4) is 0 Å². The molecule has 0 spiro atoms. The molecule has 19 heavy (non-hydrogen) atoms. The monoisotopic (exact) mass is 282 g/mol. The van der Waals surface area contributed by atoms with Crippen LogP contribution in [0.25, 0.3) is 0 Å². The molecule has 1 unspecified atom stereocenters. The van der Waals surface area contributed by atoms with Crippen molar-refractivity contribution in [2.45, 2.75) is 12.5 Å². The Bertz CT molecular complexity index is 558. The molecule has 0 saturated carbocycles. The Balaban J connectivity index is 2.24. The SMILES string of the molecule is NNC(Cc1cccc(Cl)c1F)c1ccc(F)cc1. The van der Waals surface area contributed by atoms with Crippen LogP contribution in [0.3, 0.4) is 0 Å². The maximum absolute atomic E-state index is 13.8. The highest BCUT2D eigenvalue weighted by Gasteiger charge is 2.14. The highest BCUT2D eigenvalue weighted by Crippen LogP contribution is 2.23. The van der Waals surface area contributed by atoms with Crippen molar-refractivity contribution in [1.82, 2.24) is 5.43 Å². The van der Waals surface area contributed by atoms with Crippen LogP contribution in [0.4, 0.5) is 8.78 Å². The van der Waals surface area contributed by atoms with Crippen LogP contribution in [0.1, 0.15) is 17.2 Å². The minimum atomic E-state index is -0.452. The normalized spacial score (nSPS) is 12.4. The molecule has 5 heteroatoms. The zero-order chi connectivity index (χ0) is 13.8. The van der Waals surface area contributed by atoms with Gasteiger partial charge in [0.05, 0.1) is 11.1 Å². The summed E-state index contributed by atoms with van der Waals surface area (Å²) in [5, 5.41) is 0.0763. The van der Waals surface area contributed by atoms with Gasteiger partial charge in [-0.05, 0) is 35.7 Å². The topological polar surface area (TPSA) is 38.0 Å². The van der Waals surface area contributed by atoms with Gasteiger partial charge in [-0.25, -0.2) is 8.78 Å². The molecular weight excluding hydrogens is 270 g/mol. The van der Waals surface area contributed by atoms with Crippen LogP contribution in [0.2, 0.25) is 5.02 Å². The van der Waals surface area contributed by atoms with E-state index < -0.39 is 5.82 Å². The lowest BCUT2D eigenvalue weighted by Crippen LogP contribution is -2.29. The van der Waals surface area contributed by atoms with Crippen LogP contribution in [0, 0.1) is 11.6 Å². The third kappa shape index (κ3) is 3.29. The van der Waals surface area contributed by atoms with Crippen molar-refractivity contribution in [3.05, 3.63) is 70.2 Å². The largest absolute Gasteiger partial charge is 0.271 e. The van der Waals surface area contributed by atoms with Gasteiger partial charge in [-0.15, -0.1) is 0 Å². The first-order valence-corrected chi connectivity index (χ1v) is 6.14. The summed E-state index contributed by atoms with van der Waals surface area (Å²) >= 11 is 5.73. The molecule has 0 amide bonds. The second kappa shape index (κ2) is 6.10. The molecule has 3 N–H and O–H groups in total. The predicted molar refractivity (Wildman–Crippen MR) is 71.6 cm³/mol. The van der Waals surface area contributed by atoms with Gasteiger partial charge < -0.3 is 0 Å². The summed E-state index contributed by atoms with van der Waals surface area (Å²) in [6.07, 6.45) is 0.328. The molecule has 1 atom stereocenters. The molecule has 2 aromatic rings. The minimum absolute atomic E-state index is 0.0763. The van der Waals surface area contributed by atoms with Crippen LogP contribution < -0.4 is 11.3 Å². The molecule has 0 radical (unpaired) electrons. The van der Waals surface area contributed by atoms with E-state index in [1.54, 1.807) is 24.3 Å². The quantitative estimate of drug-likeness (QED) is 0.666. The highest BCUT2D eigenvalue weighted by atomic mass is 35.5. The fourth-order valence-corrected chi connectivity index (χ4v) is 2.09. The summed E-state index contributed by atoms with van der Waals surface area (Å²) in [7, 11) is 0. The Hall–Kier alpha value is -1.49. The first-order valence-electron chi connectivity index (χ1n) is 5.76. The smallest absolute Gasteiger partial charge is 0.145 e. The summed E-state index contributed by atoms with van der Waals surface area (Å²) < 4.78 is 26.7. The van der Waals surface area contributed by atoms with E-state index in [1.807, 2.05) is 0 Å². The molecule has 0 fully saturated rings. The predicted octanol–water partition coefficient (Wildman–Crippen LogP) is 3.37. The van der Waals surface area contributed by atoms with Crippen molar-refractivity contribution in [3.63, 3.8) is 0 Å². The van der Waals surface area contributed by atoms with Gasteiger partial charge >= 0.3 is 0 Å². The maximum atomic E-state index is 13.8. The van der Waals surface area contributed by atoms with Crippen LogP contribution in [-0.4, -0.2) is 0 Å². The summed E-state index contributed by atoms with van der Waals surface area (Å²) in [5.74, 6) is 4.70. The van der Waals surface area contributed by atoms with Gasteiger partial charge in [0.2, 0.25) is 0 Å². The molecule has 2 aromatic carbocycles. The Morgan fingerprint density at radius 2 is 1.79 bits per heavy atom. The number of hydrogen-bond donors (Lipinski definition) is 2. The third-order valence-corrected chi connectivity index (χ3v) is 3.22. The van der Waals surface area contributed by atoms with E-state index in [4.69, 9.17) is 17.4 Å². The first-order chi connectivity index (χ1) is 9.11. The second-order valence-electron chi connectivity index (χ2n) is 4.19. The third-order valence-electron chi connectivity index (χ3n) is 2.93.